The molecule has 0 unspecified atom stereocenters. The summed E-state index contributed by atoms with van der Waals surface area (Å²) in [7, 11) is 0. The Kier molecular flexibility index (Phi) is 7.46. The Bertz CT molecular complexity index is 1150. The van der Waals surface area contributed by atoms with Gasteiger partial charge in [-0.05, 0) is 24.1 Å². The Balaban J connectivity index is 1.47. The molecular weight excluding hydrogens is 516 g/mol. The summed E-state index contributed by atoms with van der Waals surface area (Å²) >= 11 is 4.54. The number of ether oxygens (including phenoxy) is 1. The zero-order chi connectivity index (χ0) is 23.5. The minimum Gasteiger partial charge on any atom is -0.394 e. The molecule has 3 heterocycles. The van der Waals surface area contributed by atoms with Crippen LogP contribution in [0.3, 0.4) is 0 Å². The van der Waals surface area contributed by atoms with Crippen molar-refractivity contribution in [1.29, 1.82) is 0 Å². The highest BCUT2D eigenvalue weighted by Crippen LogP contribution is 2.36. The molecule has 0 aliphatic carbocycles. The molecule has 6 N–H and O–H groups in total. The monoisotopic (exact) mass is 538 g/mol. The lowest BCUT2D eigenvalue weighted by Crippen LogP contribution is -2.33. The zero-order valence-electron chi connectivity index (χ0n) is 17.3. The van der Waals surface area contributed by atoms with Gasteiger partial charge >= 0.3 is 0 Å². The summed E-state index contributed by atoms with van der Waals surface area (Å²) in [6, 6.07) is 7.86. The number of fused-ring (bicyclic) bond motifs is 1. The number of anilines is 1. The van der Waals surface area contributed by atoms with Gasteiger partial charge in [-0.1, -0.05) is 39.8 Å². The summed E-state index contributed by atoms with van der Waals surface area (Å²) in [6.45, 7) is 0.000849. The summed E-state index contributed by atoms with van der Waals surface area (Å²) in [5.41, 5.74) is 7.60. The molecule has 1 fully saturated rings. The van der Waals surface area contributed by atoms with E-state index in [4.69, 9.17) is 10.5 Å². The van der Waals surface area contributed by atoms with Gasteiger partial charge < -0.3 is 31.1 Å². The molecule has 13 heteroatoms. The van der Waals surface area contributed by atoms with Crippen LogP contribution in [-0.2, 0) is 16.0 Å². The van der Waals surface area contributed by atoms with Gasteiger partial charge in [0.1, 0.15) is 24.6 Å². The molecule has 1 aromatic carbocycles. The van der Waals surface area contributed by atoms with E-state index in [1.54, 1.807) is 0 Å². The highest BCUT2D eigenvalue weighted by molar-refractivity contribution is 9.10. The number of hydrogen-bond donors (Lipinski definition) is 5. The number of aliphatic hydroxyl groups is 3. The minimum atomic E-state index is -1.34. The van der Waals surface area contributed by atoms with Crippen molar-refractivity contribution >= 4 is 50.6 Å². The number of carbonyl (C=O) groups excluding carboxylic acids is 1. The average molecular weight is 539 g/mol. The molecule has 1 aliphatic heterocycles. The molecule has 0 saturated carbocycles. The smallest absolute Gasteiger partial charge is 0.230 e. The zero-order valence-corrected chi connectivity index (χ0v) is 19.7. The van der Waals surface area contributed by atoms with Crippen LogP contribution in [0.15, 0.2) is 40.2 Å². The summed E-state index contributed by atoms with van der Waals surface area (Å²) in [4.78, 5) is 25.0. The standard InChI is InChI=1S/C20H23BrN6O5S/c21-11-3-1-2-10(6-11)4-5-23-13(29)8-33-20-26-14-17(22)24-9-25-18(14)27(20)19-16(31)15(30)12(7-28)32-19/h1-3,6,9,12,15-16,19,28,30-31H,4-5,7-8H2,(H,23,29)(H2,22,24,25)/t12-,15-,16-,19-/m1/s1. The molecule has 0 bridgehead atoms. The fourth-order valence-corrected chi connectivity index (χ4v) is 4.84. The molecule has 1 aliphatic rings. The van der Waals surface area contributed by atoms with Crippen molar-refractivity contribution in [2.24, 2.45) is 0 Å². The normalized spacial score (nSPS) is 22.7. The topological polar surface area (TPSA) is 169 Å². The molecule has 176 valence electrons. The first-order valence-electron chi connectivity index (χ1n) is 10.1. The highest BCUT2D eigenvalue weighted by atomic mass is 79.9. The Morgan fingerprint density at radius 2 is 2.12 bits per heavy atom. The molecule has 11 nitrogen and oxygen atoms in total. The highest BCUT2D eigenvalue weighted by Gasteiger charge is 2.45. The lowest BCUT2D eigenvalue weighted by atomic mass is 10.1. The van der Waals surface area contributed by atoms with Gasteiger partial charge in [0.15, 0.2) is 28.4 Å². The first-order valence-corrected chi connectivity index (χ1v) is 11.9. The minimum absolute atomic E-state index is 0.0456. The third-order valence-electron chi connectivity index (χ3n) is 5.20. The number of benzene rings is 1. The number of amides is 1. The Labute approximate surface area is 201 Å². The number of carbonyl (C=O) groups is 1. The number of hydrogen-bond acceptors (Lipinski definition) is 10. The largest absolute Gasteiger partial charge is 0.394 e. The van der Waals surface area contributed by atoms with Gasteiger partial charge in [-0.25, -0.2) is 15.0 Å². The maximum absolute atomic E-state index is 12.4. The number of nitrogen functional groups attached to an aromatic ring is 1. The van der Waals surface area contributed by atoms with Crippen molar-refractivity contribution in [3.8, 4) is 0 Å². The number of rotatable bonds is 8. The van der Waals surface area contributed by atoms with Gasteiger partial charge in [0.25, 0.3) is 0 Å². The van der Waals surface area contributed by atoms with E-state index in [9.17, 15) is 20.1 Å². The van der Waals surface area contributed by atoms with E-state index in [-0.39, 0.29) is 28.6 Å². The van der Waals surface area contributed by atoms with E-state index in [0.717, 1.165) is 21.8 Å². The van der Waals surface area contributed by atoms with E-state index < -0.39 is 31.1 Å². The van der Waals surface area contributed by atoms with Crippen LogP contribution in [-0.4, -0.2) is 78.0 Å². The van der Waals surface area contributed by atoms with Crippen LogP contribution in [0.5, 0.6) is 0 Å². The molecule has 4 atom stereocenters. The number of nitrogens with one attached hydrogen (secondary N) is 1. The quantitative estimate of drug-likeness (QED) is 0.250. The van der Waals surface area contributed by atoms with E-state index in [1.807, 2.05) is 24.3 Å². The molecule has 0 spiro atoms. The second-order valence-electron chi connectivity index (χ2n) is 7.44. The van der Waals surface area contributed by atoms with Crippen molar-refractivity contribution in [3.63, 3.8) is 0 Å². The van der Waals surface area contributed by atoms with Crippen LogP contribution in [0.2, 0.25) is 0 Å². The Hall–Kier alpha value is -2.29. The van der Waals surface area contributed by atoms with Gasteiger partial charge in [0, 0.05) is 11.0 Å². The number of thioether (sulfide) groups is 1. The van der Waals surface area contributed by atoms with E-state index >= 15 is 0 Å². The SMILES string of the molecule is Nc1ncnc2c1nc(SCC(=O)NCCc1cccc(Br)c1)n2[C@@H]1O[C@H](CO)[C@@H](O)[C@H]1O. The summed E-state index contributed by atoms with van der Waals surface area (Å²) in [5.74, 6) is -0.0242. The van der Waals surface area contributed by atoms with Gasteiger partial charge in [0.2, 0.25) is 5.91 Å². The fraction of sp³-hybridized carbons (Fsp3) is 0.400. The van der Waals surface area contributed by atoms with Crippen molar-refractivity contribution in [3.05, 3.63) is 40.6 Å². The number of aromatic nitrogens is 4. The van der Waals surface area contributed by atoms with Crippen molar-refractivity contribution in [1.82, 2.24) is 24.8 Å². The molecule has 1 amide bonds. The second-order valence-corrected chi connectivity index (χ2v) is 9.30. The molecule has 2 aromatic heterocycles. The first-order chi connectivity index (χ1) is 15.9. The predicted octanol–water partition coefficient (Wildman–Crippen LogP) is 0.233. The lowest BCUT2D eigenvalue weighted by Gasteiger charge is -2.19. The van der Waals surface area contributed by atoms with Gasteiger partial charge in [-0.2, -0.15) is 0 Å². The van der Waals surface area contributed by atoms with Crippen LogP contribution < -0.4 is 11.1 Å². The lowest BCUT2D eigenvalue weighted by molar-refractivity contribution is -0.118. The van der Waals surface area contributed by atoms with Gasteiger partial charge in [-0.15, -0.1) is 0 Å². The van der Waals surface area contributed by atoms with E-state index in [2.05, 4.69) is 36.2 Å². The predicted molar refractivity (Wildman–Crippen MR) is 124 cm³/mol. The number of halogens is 1. The van der Waals surface area contributed by atoms with Crippen molar-refractivity contribution in [2.75, 3.05) is 24.6 Å². The van der Waals surface area contributed by atoms with Crippen LogP contribution in [0.4, 0.5) is 5.82 Å². The number of nitrogens with two attached hydrogens (primary N) is 1. The van der Waals surface area contributed by atoms with Gasteiger partial charge in [-0.3, -0.25) is 9.36 Å². The molecule has 0 radical (unpaired) electrons. The Morgan fingerprint density at radius 1 is 1.30 bits per heavy atom. The average Bonchev–Trinajstić information content (AvgIpc) is 3.30. The molecular formula is C20H23BrN6O5S. The van der Waals surface area contributed by atoms with Crippen molar-refractivity contribution in [2.45, 2.75) is 36.1 Å². The van der Waals surface area contributed by atoms with Crippen LogP contribution in [0, 0.1) is 0 Å². The van der Waals surface area contributed by atoms with Crippen molar-refractivity contribution < 1.29 is 24.9 Å². The van der Waals surface area contributed by atoms with Crippen LogP contribution in [0.25, 0.3) is 11.2 Å². The fourth-order valence-electron chi connectivity index (χ4n) is 3.55. The summed E-state index contributed by atoms with van der Waals surface area (Å²) in [5, 5.41) is 33.3. The van der Waals surface area contributed by atoms with Crippen LogP contribution >= 0.6 is 27.7 Å². The first kappa shape index (κ1) is 23.9. The van der Waals surface area contributed by atoms with E-state index in [1.165, 1.54) is 10.9 Å². The number of aliphatic hydroxyl groups excluding tert-OH is 3. The maximum atomic E-state index is 12.4. The molecule has 1 saturated heterocycles. The number of imidazole rings is 1. The molecule has 33 heavy (non-hydrogen) atoms. The molecule has 4 rings (SSSR count). The van der Waals surface area contributed by atoms with E-state index in [0.29, 0.717) is 18.1 Å². The Morgan fingerprint density at radius 3 is 2.85 bits per heavy atom. The molecule has 3 aromatic rings. The summed E-state index contributed by atoms with van der Waals surface area (Å²) in [6.07, 6.45) is -2.74. The second kappa shape index (κ2) is 10.3. The maximum Gasteiger partial charge on any atom is 0.230 e. The number of nitrogens with zero attached hydrogens (tertiary/aromatic N) is 4. The third kappa shape index (κ3) is 5.13. The van der Waals surface area contributed by atoms with Gasteiger partial charge in [0.05, 0.1) is 12.4 Å². The summed E-state index contributed by atoms with van der Waals surface area (Å²) < 4.78 is 8.10. The van der Waals surface area contributed by atoms with Crippen LogP contribution in [0.1, 0.15) is 11.8 Å². The third-order valence-corrected chi connectivity index (χ3v) is 6.65.